The van der Waals surface area contributed by atoms with Crippen molar-refractivity contribution in [3.63, 3.8) is 0 Å². The molecule has 1 fully saturated rings. The number of ether oxygens (including phenoxy) is 2. The van der Waals surface area contributed by atoms with E-state index in [1.807, 2.05) is 0 Å². The summed E-state index contributed by atoms with van der Waals surface area (Å²) in [5, 5.41) is 2.43. The van der Waals surface area contributed by atoms with Gasteiger partial charge in [0.15, 0.2) is 6.17 Å². The van der Waals surface area contributed by atoms with Gasteiger partial charge in [0.1, 0.15) is 12.2 Å². The number of amides is 3. The lowest BCUT2D eigenvalue weighted by Crippen LogP contribution is -2.50. The summed E-state index contributed by atoms with van der Waals surface area (Å²) in [6.45, 7) is 6.26. The predicted molar refractivity (Wildman–Crippen MR) is 57.0 cm³/mol. The van der Waals surface area contributed by atoms with Gasteiger partial charge in [-0.3, -0.25) is 4.79 Å². The van der Waals surface area contributed by atoms with Crippen molar-refractivity contribution in [3.05, 3.63) is 0 Å². The average molecular weight is 244 g/mol. The number of carbonyl (C=O) groups is 3. The van der Waals surface area contributed by atoms with Gasteiger partial charge in [-0.1, -0.05) is 0 Å². The highest BCUT2D eigenvalue weighted by Crippen LogP contribution is 2.16. The van der Waals surface area contributed by atoms with Crippen LogP contribution in [0.15, 0.2) is 0 Å². The first kappa shape index (κ1) is 13.3. The fraction of sp³-hybridized carbons (Fsp3) is 0.700. The molecule has 1 heterocycles. The van der Waals surface area contributed by atoms with E-state index in [4.69, 9.17) is 4.74 Å². The highest BCUT2D eigenvalue weighted by atomic mass is 16.6. The smallest absolute Gasteiger partial charge is 0.421 e. The van der Waals surface area contributed by atoms with Gasteiger partial charge in [0.2, 0.25) is 5.91 Å². The maximum absolute atomic E-state index is 11.7. The Morgan fingerprint density at radius 1 is 1.47 bits per heavy atom. The van der Waals surface area contributed by atoms with Crippen molar-refractivity contribution >= 4 is 18.1 Å². The Hall–Kier alpha value is -1.79. The van der Waals surface area contributed by atoms with Crippen molar-refractivity contribution < 1.29 is 23.9 Å². The van der Waals surface area contributed by atoms with E-state index in [-0.39, 0.29) is 12.5 Å². The minimum atomic E-state index is -0.834. The molecule has 7 nitrogen and oxygen atoms in total. The van der Waals surface area contributed by atoms with Crippen molar-refractivity contribution in [2.24, 2.45) is 0 Å². The van der Waals surface area contributed by atoms with E-state index in [0.29, 0.717) is 0 Å². The molecule has 0 aromatic rings. The van der Waals surface area contributed by atoms with Gasteiger partial charge in [0.05, 0.1) is 0 Å². The molecule has 1 saturated heterocycles. The Bertz CT molecular complexity index is 347. The first-order valence-corrected chi connectivity index (χ1v) is 5.17. The molecule has 17 heavy (non-hydrogen) atoms. The fourth-order valence-electron chi connectivity index (χ4n) is 1.28. The van der Waals surface area contributed by atoms with Gasteiger partial charge in [-0.2, -0.15) is 4.90 Å². The van der Waals surface area contributed by atoms with Gasteiger partial charge in [0.25, 0.3) is 0 Å². The van der Waals surface area contributed by atoms with Crippen LogP contribution < -0.4 is 5.32 Å². The third-order valence-electron chi connectivity index (χ3n) is 1.83. The molecule has 0 spiro atoms. The van der Waals surface area contributed by atoms with Crippen molar-refractivity contribution in [2.75, 3.05) is 6.61 Å². The maximum Gasteiger partial charge on any atom is 0.421 e. The SMILES string of the molecule is CC(=O)NC1COC(=O)N1C(=O)OC(C)(C)C. The van der Waals surface area contributed by atoms with Crippen LogP contribution in [0.2, 0.25) is 0 Å². The third-order valence-corrected chi connectivity index (χ3v) is 1.83. The number of nitrogens with zero attached hydrogens (tertiary/aromatic N) is 1. The number of rotatable bonds is 1. The largest absolute Gasteiger partial charge is 0.445 e. The summed E-state index contributed by atoms with van der Waals surface area (Å²) in [4.78, 5) is 34.7. The van der Waals surface area contributed by atoms with E-state index in [0.717, 1.165) is 4.90 Å². The van der Waals surface area contributed by atoms with Gasteiger partial charge >= 0.3 is 12.2 Å². The highest BCUT2D eigenvalue weighted by Gasteiger charge is 2.41. The van der Waals surface area contributed by atoms with Crippen LogP contribution in [-0.4, -0.2) is 41.4 Å². The molecule has 1 unspecified atom stereocenters. The van der Waals surface area contributed by atoms with Gasteiger partial charge < -0.3 is 14.8 Å². The second-order valence-electron chi connectivity index (χ2n) is 4.64. The Morgan fingerprint density at radius 2 is 2.06 bits per heavy atom. The number of hydrogen-bond acceptors (Lipinski definition) is 5. The lowest BCUT2D eigenvalue weighted by molar-refractivity contribution is -0.120. The van der Waals surface area contributed by atoms with Gasteiger partial charge in [-0.05, 0) is 20.8 Å². The normalized spacial score (nSPS) is 19.9. The molecule has 0 aromatic carbocycles. The summed E-state index contributed by atoms with van der Waals surface area (Å²) in [6.07, 6.45) is -2.47. The van der Waals surface area contributed by atoms with Crippen LogP contribution in [0.4, 0.5) is 9.59 Å². The summed E-state index contributed by atoms with van der Waals surface area (Å²) in [6, 6.07) is 0. The molecule has 0 saturated carbocycles. The minimum Gasteiger partial charge on any atom is -0.445 e. The van der Waals surface area contributed by atoms with Crippen molar-refractivity contribution in [3.8, 4) is 0 Å². The van der Waals surface area contributed by atoms with E-state index < -0.39 is 24.0 Å². The van der Waals surface area contributed by atoms with Crippen LogP contribution in [0.5, 0.6) is 0 Å². The van der Waals surface area contributed by atoms with Gasteiger partial charge in [-0.15, -0.1) is 0 Å². The number of nitrogens with one attached hydrogen (secondary N) is 1. The van der Waals surface area contributed by atoms with Crippen LogP contribution in [0.1, 0.15) is 27.7 Å². The molecule has 1 N–H and O–H groups in total. The zero-order valence-corrected chi connectivity index (χ0v) is 10.3. The van der Waals surface area contributed by atoms with E-state index in [2.05, 4.69) is 10.1 Å². The lowest BCUT2D eigenvalue weighted by Gasteiger charge is -2.25. The number of hydrogen-bond donors (Lipinski definition) is 1. The van der Waals surface area contributed by atoms with Crippen molar-refractivity contribution in [2.45, 2.75) is 39.5 Å². The number of imide groups is 1. The molecule has 1 aliphatic rings. The topological polar surface area (TPSA) is 84.9 Å². The minimum absolute atomic E-state index is 0.0718. The molecule has 1 rings (SSSR count). The molecule has 7 heteroatoms. The van der Waals surface area contributed by atoms with E-state index in [9.17, 15) is 14.4 Å². The Labute approximate surface area is 99.0 Å². The quantitative estimate of drug-likeness (QED) is 0.738. The maximum atomic E-state index is 11.7. The molecule has 0 aliphatic carbocycles. The molecule has 0 radical (unpaired) electrons. The molecule has 1 atom stereocenters. The highest BCUT2D eigenvalue weighted by molar-refractivity contribution is 5.90. The van der Waals surface area contributed by atoms with Crippen LogP contribution >= 0.6 is 0 Å². The average Bonchev–Trinajstić information content (AvgIpc) is 2.42. The zero-order chi connectivity index (χ0) is 13.2. The summed E-state index contributed by atoms with van der Waals surface area (Å²) in [5.74, 6) is -0.359. The molecule has 0 bridgehead atoms. The van der Waals surface area contributed by atoms with E-state index in [1.54, 1.807) is 20.8 Å². The first-order chi connectivity index (χ1) is 7.70. The van der Waals surface area contributed by atoms with Gasteiger partial charge in [-0.25, -0.2) is 9.59 Å². The van der Waals surface area contributed by atoms with Crippen LogP contribution in [0.3, 0.4) is 0 Å². The second kappa shape index (κ2) is 4.60. The lowest BCUT2D eigenvalue weighted by atomic mass is 10.2. The van der Waals surface area contributed by atoms with Crippen LogP contribution in [0, 0.1) is 0 Å². The Balaban J connectivity index is 2.74. The van der Waals surface area contributed by atoms with E-state index in [1.165, 1.54) is 6.92 Å². The summed E-state index contributed by atoms with van der Waals surface area (Å²) < 4.78 is 9.72. The number of cyclic esters (lactones) is 1. The van der Waals surface area contributed by atoms with Crippen LogP contribution in [0.25, 0.3) is 0 Å². The molecule has 1 aliphatic heterocycles. The summed E-state index contributed by atoms with van der Waals surface area (Å²) >= 11 is 0. The molecular weight excluding hydrogens is 228 g/mol. The van der Waals surface area contributed by atoms with Crippen molar-refractivity contribution in [1.29, 1.82) is 0 Å². The zero-order valence-electron chi connectivity index (χ0n) is 10.3. The van der Waals surface area contributed by atoms with E-state index >= 15 is 0 Å². The molecule has 96 valence electrons. The standard InChI is InChI=1S/C10H16N2O5/c1-6(13)11-7-5-16-8(14)12(7)9(15)17-10(2,3)4/h7H,5H2,1-4H3,(H,11,13). The second-order valence-corrected chi connectivity index (χ2v) is 4.64. The first-order valence-electron chi connectivity index (χ1n) is 5.17. The van der Waals surface area contributed by atoms with Crippen molar-refractivity contribution in [1.82, 2.24) is 10.2 Å². The molecular formula is C10H16N2O5. The summed E-state index contributed by atoms with van der Waals surface area (Å²) in [7, 11) is 0. The van der Waals surface area contributed by atoms with Gasteiger partial charge in [0, 0.05) is 6.92 Å². The molecule has 0 aromatic heterocycles. The summed E-state index contributed by atoms with van der Waals surface area (Å²) in [5.41, 5.74) is -0.722. The monoisotopic (exact) mass is 244 g/mol. The Kier molecular flexibility index (Phi) is 3.59. The predicted octanol–water partition coefficient (Wildman–Crippen LogP) is 0.836. The fourth-order valence-corrected chi connectivity index (χ4v) is 1.28. The third kappa shape index (κ3) is 3.61. The Morgan fingerprint density at radius 3 is 2.53 bits per heavy atom. The number of carbonyl (C=O) groups excluding carboxylic acids is 3. The van der Waals surface area contributed by atoms with Crippen LogP contribution in [-0.2, 0) is 14.3 Å². The molecule has 3 amide bonds.